The van der Waals surface area contributed by atoms with Gasteiger partial charge in [0, 0.05) is 23.6 Å². The van der Waals surface area contributed by atoms with Gasteiger partial charge in [-0.3, -0.25) is 4.79 Å². The zero-order valence-corrected chi connectivity index (χ0v) is 12.1. The molecule has 1 N–H and O–H groups in total. The fourth-order valence-corrected chi connectivity index (χ4v) is 3.35. The summed E-state index contributed by atoms with van der Waals surface area (Å²) in [6, 6.07) is 6.67. The lowest BCUT2D eigenvalue weighted by atomic mass is 9.91. The van der Waals surface area contributed by atoms with Crippen molar-refractivity contribution in [3.8, 4) is 0 Å². The standard InChI is InChI=1S/C17H20N2O/c1-4-16(20)18-14-7-5-6-12-13-10-11(2)8-9-15(13)19(3)17(12)14/h4,8-10,14H,1,5-7H2,2-3H3,(H,18,20). The van der Waals surface area contributed by atoms with E-state index >= 15 is 0 Å². The van der Waals surface area contributed by atoms with Crippen molar-refractivity contribution in [2.75, 3.05) is 0 Å². The molecule has 0 bridgehead atoms. The number of aromatic nitrogens is 1. The normalized spacial score (nSPS) is 17.8. The summed E-state index contributed by atoms with van der Waals surface area (Å²) in [5.41, 5.74) is 5.18. The molecule has 3 rings (SSSR count). The third-order valence-electron chi connectivity index (χ3n) is 4.26. The summed E-state index contributed by atoms with van der Waals surface area (Å²) < 4.78 is 2.23. The minimum absolute atomic E-state index is 0.0933. The Balaban J connectivity index is 2.15. The Hall–Kier alpha value is -2.03. The van der Waals surface area contributed by atoms with E-state index in [2.05, 4.69) is 48.6 Å². The summed E-state index contributed by atoms with van der Waals surface area (Å²) >= 11 is 0. The summed E-state index contributed by atoms with van der Waals surface area (Å²) in [7, 11) is 2.09. The van der Waals surface area contributed by atoms with Gasteiger partial charge in [-0.1, -0.05) is 18.2 Å². The lowest BCUT2D eigenvalue weighted by molar-refractivity contribution is -0.117. The summed E-state index contributed by atoms with van der Waals surface area (Å²) in [5, 5.41) is 4.40. The van der Waals surface area contributed by atoms with Crippen molar-refractivity contribution in [3.63, 3.8) is 0 Å². The highest BCUT2D eigenvalue weighted by atomic mass is 16.1. The van der Waals surface area contributed by atoms with Crippen LogP contribution in [0.4, 0.5) is 0 Å². The molecule has 2 aromatic rings. The van der Waals surface area contributed by atoms with Gasteiger partial charge in [0.15, 0.2) is 0 Å². The molecule has 3 nitrogen and oxygen atoms in total. The van der Waals surface area contributed by atoms with Gasteiger partial charge < -0.3 is 9.88 Å². The van der Waals surface area contributed by atoms with Gasteiger partial charge in [0.2, 0.25) is 5.91 Å². The first-order valence-electron chi connectivity index (χ1n) is 7.12. The Morgan fingerprint density at radius 3 is 3.05 bits per heavy atom. The Labute approximate surface area is 119 Å². The van der Waals surface area contributed by atoms with Crippen molar-refractivity contribution in [3.05, 3.63) is 47.7 Å². The van der Waals surface area contributed by atoms with Gasteiger partial charge in [-0.2, -0.15) is 0 Å². The highest BCUT2D eigenvalue weighted by Gasteiger charge is 2.27. The lowest BCUT2D eigenvalue weighted by Crippen LogP contribution is -2.30. The molecule has 20 heavy (non-hydrogen) atoms. The van der Waals surface area contributed by atoms with Crippen LogP contribution in [0.3, 0.4) is 0 Å². The molecule has 1 heterocycles. The van der Waals surface area contributed by atoms with Crippen molar-refractivity contribution >= 4 is 16.8 Å². The lowest BCUT2D eigenvalue weighted by Gasteiger charge is -2.25. The molecular formula is C17H20N2O. The first kappa shape index (κ1) is 13.0. The van der Waals surface area contributed by atoms with Crippen LogP contribution in [0.1, 0.15) is 35.7 Å². The Bertz CT molecular complexity index is 697. The fraction of sp³-hybridized carbons (Fsp3) is 0.353. The number of nitrogens with zero attached hydrogens (tertiary/aromatic N) is 1. The van der Waals surface area contributed by atoms with Crippen LogP contribution in [0.25, 0.3) is 10.9 Å². The molecular weight excluding hydrogens is 248 g/mol. The summed E-state index contributed by atoms with van der Waals surface area (Å²) in [4.78, 5) is 11.6. The average molecular weight is 268 g/mol. The number of aryl methyl sites for hydroxylation is 3. The molecule has 1 amide bonds. The van der Waals surface area contributed by atoms with Gasteiger partial charge in [0.25, 0.3) is 0 Å². The molecule has 0 spiro atoms. The van der Waals surface area contributed by atoms with E-state index in [1.165, 1.54) is 33.8 Å². The zero-order valence-electron chi connectivity index (χ0n) is 12.1. The number of nitrogens with one attached hydrogen (secondary N) is 1. The van der Waals surface area contributed by atoms with E-state index in [0.717, 1.165) is 19.3 Å². The molecule has 1 unspecified atom stereocenters. The van der Waals surface area contributed by atoms with Crippen molar-refractivity contribution in [2.45, 2.75) is 32.2 Å². The van der Waals surface area contributed by atoms with E-state index in [4.69, 9.17) is 0 Å². The molecule has 104 valence electrons. The Morgan fingerprint density at radius 2 is 2.30 bits per heavy atom. The smallest absolute Gasteiger partial charge is 0.243 e. The second-order valence-electron chi connectivity index (χ2n) is 5.60. The predicted molar refractivity (Wildman–Crippen MR) is 81.7 cm³/mol. The third-order valence-corrected chi connectivity index (χ3v) is 4.26. The van der Waals surface area contributed by atoms with Crippen molar-refractivity contribution in [2.24, 2.45) is 7.05 Å². The van der Waals surface area contributed by atoms with Crippen molar-refractivity contribution < 1.29 is 4.79 Å². The molecule has 1 aromatic heterocycles. The topological polar surface area (TPSA) is 34.0 Å². The van der Waals surface area contributed by atoms with Crippen LogP contribution < -0.4 is 5.32 Å². The molecule has 1 atom stereocenters. The van der Waals surface area contributed by atoms with Crippen molar-refractivity contribution in [1.82, 2.24) is 9.88 Å². The highest BCUT2D eigenvalue weighted by Crippen LogP contribution is 2.37. The number of amides is 1. The van der Waals surface area contributed by atoms with E-state index in [-0.39, 0.29) is 11.9 Å². The highest BCUT2D eigenvalue weighted by molar-refractivity contribution is 5.89. The molecule has 0 aliphatic heterocycles. The number of fused-ring (bicyclic) bond motifs is 3. The summed E-state index contributed by atoms with van der Waals surface area (Å²) in [6.45, 7) is 5.66. The minimum Gasteiger partial charge on any atom is -0.346 e. The average Bonchev–Trinajstić information content (AvgIpc) is 2.73. The van der Waals surface area contributed by atoms with Gasteiger partial charge in [-0.25, -0.2) is 0 Å². The van der Waals surface area contributed by atoms with Crippen LogP contribution in [-0.4, -0.2) is 10.5 Å². The number of hydrogen-bond acceptors (Lipinski definition) is 1. The molecule has 0 saturated heterocycles. The molecule has 3 heteroatoms. The largest absolute Gasteiger partial charge is 0.346 e. The van der Waals surface area contributed by atoms with Crippen LogP contribution in [0.2, 0.25) is 0 Å². The second kappa shape index (κ2) is 4.82. The number of hydrogen-bond donors (Lipinski definition) is 1. The van der Waals surface area contributed by atoms with Gasteiger partial charge in [-0.05, 0) is 50.0 Å². The van der Waals surface area contributed by atoms with E-state index in [1.807, 2.05) is 0 Å². The van der Waals surface area contributed by atoms with Gasteiger partial charge >= 0.3 is 0 Å². The fourth-order valence-electron chi connectivity index (χ4n) is 3.35. The monoisotopic (exact) mass is 268 g/mol. The van der Waals surface area contributed by atoms with Crippen LogP contribution in [0.5, 0.6) is 0 Å². The van der Waals surface area contributed by atoms with Crippen LogP contribution in [-0.2, 0) is 18.3 Å². The number of carbonyl (C=O) groups excluding carboxylic acids is 1. The molecule has 1 aliphatic rings. The van der Waals surface area contributed by atoms with E-state index in [0.29, 0.717) is 0 Å². The first-order chi connectivity index (χ1) is 9.61. The molecule has 1 aromatic carbocycles. The first-order valence-corrected chi connectivity index (χ1v) is 7.12. The maximum atomic E-state index is 11.6. The molecule has 0 fully saturated rings. The predicted octanol–water partition coefficient (Wildman–Crippen LogP) is 3.17. The SMILES string of the molecule is C=CC(=O)NC1CCCc2c1n(C)c1ccc(C)cc21. The number of benzene rings is 1. The van der Waals surface area contributed by atoms with Gasteiger partial charge in [0.1, 0.15) is 0 Å². The maximum absolute atomic E-state index is 11.6. The van der Waals surface area contributed by atoms with Crippen LogP contribution >= 0.6 is 0 Å². The van der Waals surface area contributed by atoms with E-state index in [9.17, 15) is 4.79 Å². The summed E-state index contributed by atoms with van der Waals surface area (Å²) in [5.74, 6) is -0.0933. The zero-order chi connectivity index (χ0) is 14.3. The quantitative estimate of drug-likeness (QED) is 0.834. The third kappa shape index (κ3) is 1.94. The van der Waals surface area contributed by atoms with E-state index < -0.39 is 0 Å². The molecule has 1 aliphatic carbocycles. The van der Waals surface area contributed by atoms with E-state index in [1.54, 1.807) is 0 Å². The number of rotatable bonds is 2. The van der Waals surface area contributed by atoms with Crippen LogP contribution in [0.15, 0.2) is 30.9 Å². The van der Waals surface area contributed by atoms with Gasteiger partial charge in [0.05, 0.1) is 6.04 Å². The Morgan fingerprint density at radius 1 is 1.50 bits per heavy atom. The second-order valence-corrected chi connectivity index (χ2v) is 5.60. The molecule has 0 saturated carbocycles. The Kier molecular flexibility index (Phi) is 3.13. The maximum Gasteiger partial charge on any atom is 0.243 e. The van der Waals surface area contributed by atoms with Crippen LogP contribution in [0, 0.1) is 6.92 Å². The minimum atomic E-state index is -0.0933. The van der Waals surface area contributed by atoms with Crippen molar-refractivity contribution in [1.29, 1.82) is 0 Å². The summed E-state index contributed by atoms with van der Waals surface area (Å²) in [6.07, 6.45) is 4.55. The van der Waals surface area contributed by atoms with Gasteiger partial charge in [-0.15, -0.1) is 0 Å². The molecule has 0 radical (unpaired) electrons. The number of carbonyl (C=O) groups is 1.